The van der Waals surface area contributed by atoms with E-state index in [1.165, 1.54) is 11.9 Å². The zero-order valence-electron chi connectivity index (χ0n) is 12.0. The number of amides is 1. The Hall–Kier alpha value is -2.14. The number of hydrogen-bond acceptors (Lipinski definition) is 3. The molecule has 1 heterocycles. The first-order valence-electron chi connectivity index (χ1n) is 6.97. The number of hydrazone groups is 1. The minimum atomic E-state index is -0.139. The molecule has 0 saturated heterocycles. The van der Waals surface area contributed by atoms with Gasteiger partial charge in [0.25, 0.3) is 0 Å². The lowest BCUT2D eigenvalue weighted by atomic mass is 9.98. The molecular formula is C17H15BrN2O2. The molecule has 2 aromatic carbocycles. The minimum Gasteiger partial charge on any atom is -0.507 e. The van der Waals surface area contributed by atoms with Gasteiger partial charge in [0.15, 0.2) is 0 Å². The van der Waals surface area contributed by atoms with Crippen LogP contribution in [0.25, 0.3) is 0 Å². The zero-order chi connectivity index (χ0) is 15.7. The standard InChI is InChI=1S/C17H15BrN2O2/c1-11(21)20-16(12-6-8-13(18)9-7-12)10-15(19-20)14-4-2-3-5-17(14)22/h2-9,16,22H,10H2,1H3/t16-/m0/s1. The molecule has 22 heavy (non-hydrogen) atoms. The third-order valence-electron chi connectivity index (χ3n) is 3.70. The molecule has 112 valence electrons. The van der Waals surface area contributed by atoms with Gasteiger partial charge in [0, 0.05) is 23.4 Å². The highest BCUT2D eigenvalue weighted by Crippen LogP contribution is 2.34. The van der Waals surface area contributed by atoms with E-state index in [1.54, 1.807) is 12.1 Å². The molecule has 1 aliphatic heterocycles. The predicted octanol–water partition coefficient (Wildman–Crippen LogP) is 3.85. The number of phenolic OH excluding ortho intramolecular Hbond substituents is 1. The number of para-hydroxylation sites is 1. The van der Waals surface area contributed by atoms with Gasteiger partial charge in [0.2, 0.25) is 5.91 Å². The monoisotopic (exact) mass is 358 g/mol. The summed E-state index contributed by atoms with van der Waals surface area (Å²) in [6, 6.07) is 14.8. The van der Waals surface area contributed by atoms with Gasteiger partial charge in [0.1, 0.15) is 5.75 Å². The highest BCUT2D eigenvalue weighted by molar-refractivity contribution is 9.10. The van der Waals surface area contributed by atoms with E-state index in [-0.39, 0.29) is 17.7 Å². The van der Waals surface area contributed by atoms with Crippen LogP contribution in [0.4, 0.5) is 0 Å². The van der Waals surface area contributed by atoms with E-state index in [2.05, 4.69) is 21.0 Å². The predicted molar refractivity (Wildman–Crippen MR) is 88.7 cm³/mol. The summed E-state index contributed by atoms with van der Waals surface area (Å²) in [5.74, 6) is 0.0690. The largest absolute Gasteiger partial charge is 0.507 e. The number of phenols is 1. The smallest absolute Gasteiger partial charge is 0.240 e. The van der Waals surface area contributed by atoms with Crippen LogP contribution in [0.2, 0.25) is 0 Å². The molecule has 3 rings (SSSR count). The summed E-state index contributed by atoms with van der Waals surface area (Å²) in [4.78, 5) is 11.9. The van der Waals surface area contributed by atoms with Crippen LogP contribution in [0.1, 0.15) is 30.5 Å². The maximum absolute atomic E-state index is 11.9. The second-order valence-corrected chi connectivity index (χ2v) is 6.11. The maximum Gasteiger partial charge on any atom is 0.240 e. The van der Waals surface area contributed by atoms with Gasteiger partial charge < -0.3 is 5.11 Å². The average molecular weight is 359 g/mol. The SMILES string of the molecule is CC(=O)N1N=C(c2ccccc2O)C[C@H]1c1ccc(Br)cc1. The Morgan fingerprint density at radius 3 is 2.55 bits per heavy atom. The van der Waals surface area contributed by atoms with Crippen molar-refractivity contribution < 1.29 is 9.90 Å². The van der Waals surface area contributed by atoms with Crippen LogP contribution in [-0.4, -0.2) is 21.7 Å². The lowest BCUT2D eigenvalue weighted by Gasteiger charge is -2.20. The fourth-order valence-corrected chi connectivity index (χ4v) is 2.89. The number of carbonyl (C=O) groups excluding carboxylic acids is 1. The first-order valence-corrected chi connectivity index (χ1v) is 7.76. The zero-order valence-corrected chi connectivity index (χ0v) is 13.6. The van der Waals surface area contributed by atoms with Crippen LogP contribution >= 0.6 is 15.9 Å². The van der Waals surface area contributed by atoms with Crippen LogP contribution in [-0.2, 0) is 4.79 Å². The fraction of sp³-hybridized carbons (Fsp3) is 0.176. The summed E-state index contributed by atoms with van der Waals surface area (Å²) < 4.78 is 0.991. The lowest BCUT2D eigenvalue weighted by Crippen LogP contribution is -2.24. The van der Waals surface area contributed by atoms with Crippen LogP contribution < -0.4 is 0 Å². The quantitative estimate of drug-likeness (QED) is 0.886. The van der Waals surface area contributed by atoms with E-state index in [1.807, 2.05) is 36.4 Å². The van der Waals surface area contributed by atoms with Crippen molar-refractivity contribution in [2.45, 2.75) is 19.4 Å². The van der Waals surface area contributed by atoms with Crippen molar-refractivity contribution in [2.24, 2.45) is 5.10 Å². The van der Waals surface area contributed by atoms with E-state index >= 15 is 0 Å². The highest BCUT2D eigenvalue weighted by atomic mass is 79.9. The van der Waals surface area contributed by atoms with Gasteiger partial charge in [-0.2, -0.15) is 5.10 Å². The number of nitrogens with zero attached hydrogens (tertiary/aromatic N) is 2. The summed E-state index contributed by atoms with van der Waals surface area (Å²) in [7, 11) is 0. The summed E-state index contributed by atoms with van der Waals surface area (Å²) in [5, 5.41) is 15.9. The Balaban J connectivity index is 1.96. The van der Waals surface area contributed by atoms with Crippen molar-refractivity contribution in [3.05, 3.63) is 64.1 Å². The minimum absolute atomic E-state index is 0.113. The summed E-state index contributed by atoms with van der Waals surface area (Å²) >= 11 is 3.41. The highest BCUT2D eigenvalue weighted by Gasteiger charge is 2.32. The Labute approximate surface area is 137 Å². The van der Waals surface area contributed by atoms with Crippen LogP contribution in [0.15, 0.2) is 58.1 Å². The average Bonchev–Trinajstić information content (AvgIpc) is 2.93. The number of benzene rings is 2. The number of hydrogen-bond donors (Lipinski definition) is 1. The fourth-order valence-electron chi connectivity index (χ4n) is 2.63. The molecule has 1 aliphatic rings. The Morgan fingerprint density at radius 2 is 1.91 bits per heavy atom. The van der Waals surface area contributed by atoms with Crippen molar-refractivity contribution in [1.82, 2.24) is 5.01 Å². The van der Waals surface area contributed by atoms with E-state index < -0.39 is 0 Å². The molecule has 0 aromatic heterocycles. The lowest BCUT2D eigenvalue weighted by molar-refractivity contribution is -0.130. The first-order chi connectivity index (χ1) is 10.6. The normalized spacial score (nSPS) is 17.5. The third kappa shape index (κ3) is 2.76. The topological polar surface area (TPSA) is 52.9 Å². The van der Waals surface area contributed by atoms with E-state index in [9.17, 15) is 9.90 Å². The number of rotatable bonds is 2. The Kier molecular flexibility index (Phi) is 3.98. The molecule has 0 fully saturated rings. The van der Waals surface area contributed by atoms with Gasteiger partial charge in [-0.25, -0.2) is 5.01 Å². The molecule has 0 bridgehead atoms. The molecule has 1 atom stereocenters. The second kappa shape index (κ2) is 5.93. The summed E-state index contributed by atoms with van der Waals surface area (Å²) in [6.07, 6.45) is 0.582. The van der Waals surface area contributed by atoms with Crippen LogP contribution in [0.3, 0.4) is 0 Å². The molecule has 0 unspecified atom stereocenters. The van der Waals surface area contributed by atoms with Crippen LogP contribution in [0, 0.1) is 0 Å². The van der Waals surface area contributed by atoms with Gasteiger partial charge in [-0.15, -0.1) is 0 Å². The van der Waals surface area contributed by atoms with Gasteiger partial charge in [0.05, 0.1) is 11.8 Å². The molecule has 2 aromatic rings. The van der Waals surface area contributed by atoms with Crippen molar-refractivity contribution in [3.63, 3.8) is 0 Å². The van der Waals surface area contributed by atoms with Gasteiger partial charge in [-0.05, 0) is 29.8 Å². The molecule has 1 N–H and O–H groups in total. The molecule has 0 spiro atoms. The maximum atomic E-state index is 11.9. The Morgan fingerprint density at radius 1 is 1.23 bits per heavy atom. The van der Waals surface area contributed by atoms with Gasteiger partial charge in [-0.3, -0.25) is 4.79 Å². The number of halogens is 1. The van der Waals surface area contributed by atoms with Gasteiger partial charge in [-0.1, -0.05) is 40.2 Å². The van der Waals surface area contributed by atoms with Crippen molar-refractivity contribution in [2.75, 3.05) is 0 Å². The van der Waals surface area contributed by atoms with Crippen molar-refractivity contribution in [3.8, 4) is 5.75 Å². The van der Waals surface area contributed by atoms with Crippen molar-refractivity contribution >= 4 is 27.5 Å². The van der Waals surface area contributed by atoms with Gasteiger partial charge >= 0.3 is 0 Å². The molecule has 1 amide bonds. The molecule has 0 saturated carbocycles. The second-order valence-electron chi connectivity index (χ2n) is 5.20. The Bertz CT molecular complexity index is 741. The third-order valence-corrected chi connectivity index (χ3v) is 4.23. The first kappa shape index (κ1) is 14.8. The molecular weight excluding hydrogens is 344 g/mol. The summed E-state index contributed by atoms with van der Waals surface area (Å²) in [5.41, 5.74) is 2.42. The van der Waals surface area contributed by atoms with Crippen molar-refractivity contribution in [1.29, 1.82) is 0 Å². The van der Waals surface area contributed by atoms with Crippen LogP contribution in [0.5, 0.6) is 5.75 Å². The van der Waals surface area contributed by atoms with E-state index in [0.717, 1.165) is 15.7 Å². The number of carbonyl (C=O) groups is 1. The summed E-state index contributed by atoms with van der Waals surface area (Å²) in [6.45, 7) is 1.50. The van der Waals surface area contributed by atoms with E-state index in [0.29, 0.717) is 12.0 Å². The molecule has 5 heteroatoms. The molecule has 0 aliphatic carbocycles. The molecule has 4 nitrogen and oxygen atoms in total. The molecule has 0 radical (unpaired) electrons. The van der Waals surface area contributed by atoms with E-state index in [4.69, 9.17) is 0 Å². The number of aromatic hydroxyl groups is 1.